The number of anilines is 1. The molecule has 0 aliphatic carbocycles. The highest BCUT2D eigenvalue weighted by atomic mass is 16.5. The van der Waals surface area contributed by atoms with Gasteiger partial charge in [0.1, 0.15) is 11.3 Å². The summed E-state index contributed by atoms with van der Waals surface area (Å²) in [5.74, 6) is -0.801. The van der Waals surface area contributed by atoms with Crippen molar-refractivity contribution in [3.8, 4) is 11.4 Å². The van der Waals surface area contributed by atoms with Crippen LogP contribution in [0.3, 0.4) is 0 Å². The molecule has 0 spiro atoms. The van der Waals surface area contributed by atoms with E-state index in [-0.39, 0.29) is 23.8 Å². The number of nitrogens with one attached hydrogen (secondary N) is 1. The Bertz CT molecular complexity index is 1010. The molecule has 4 rings (SSSR count). The highest BCUT2D eigenvalue weighted by Crippen LogP contribution is 2.41. The van der Waals surface area contributed by atoms with Crippen molar-refractivity contribution >= 4 is 17.6 Å². The van der Waals surface area contributed by atoms with Crippen molar-refractivity contribution in [2.45, 2.75) is 12.3 Å². The number of aromatic carboxylic acids is 1. The fourth-order valence-electron chi connectivity index (χ4n) is 3.54. The Balaban J connectivity index is 1.93. The van der Waals surface area contributed by atoms with Gasteiger partial charge in [0.25, 0.3) is 0 Å². The minimum Gasteiger partial charge on any atom is -0.497 e. The van der Waals surface area contributed by atoms with Crippen molar-refractivity contribution in [1.29, 1.82) is 0 Å². The van der Waals surface area contributed by atoms with Gasteiger partial charge in [-0.15, -0.1) is 0 Å². The molecule has 0 bridgehead atoms. The summed E-state index contributed by atoms with van der Waals surface area (Å²) in [6.07, 6.45) is 1.82. The largest absolute Gasteiger partial charge is 0.497 e. The summed E-state index contributed by atoms with van der Waals surface area (Å²) in [5, 5.41) is 12.4. The molecule has 1 amide bonds. The first-order valence-electron chi connectivity index (χ1n) is 8.56. The second-order valence-corrected chi connectivity index (χ2v) is 6.39. The summed E-state index contributed by atoms with van der Waals surface area (Å²) in [5.41, 5.74) is 2.99. The number of nitrogens with zero attached hydrogens (tertiary/aromatic N) is 1. The average Bonchev–Trinajstić information content (AvgIpc) is 3.08. The standard InChI is InChI=1S/C21H18N2O4/c1-27-15-9-7-13(8-10-15)16-11-18(24)22-19-17(21(25)26)12-23(20(16)19)14-5-3-2-4-6-14/h2-10,12,16H,11H2,1H3,(H,22,24)(H,25,26)/t16-/m1/s1. The number of aromatic nitrogens is 1. The first kappa shape index (κ1) is 16.9. The molecule has 3 aromatic rings. The molecule has 2 heterocycles. The Kier molecular flexibility index (Phi) is 4.16. The van der Waals surface area contributed by atoms with E-state index in [0.29, 0.717) is 5.69 Å². The van der Waals surface area contributed by atoms with Crippen LogP contribution >= 0.6 is 0 Å². The maximum absolute atomic E-state index is 12.3. The molecule has 136 valence electrons. The third kappa shape index (κ3) is 2.95. The van der Waals surface area contributed by atoms with Gasteiger partial charge in [0.15, 0.2) is 0 Å². The van der Waals surface area contributed by atoms with Gasteiger partial charge in [-0.2, -0.15) is 0 Å². The van der Waals surface area contributed by atoms with Crippen LogP contribution in [0.5, 0.6) is 5.75 Å². The summed E-state index contributed by atoms with van der Waals surface area (Å²) in [6.45, 7) is 0. The Labute approximate surface area is 156 Å². The lowest BCUT2D eigenvalue weighted by Gasteiger charge is -2.26. The Morgan fingerprint density at radius 1 is 1.15 bits per heavy atom. The minimum absolute atomic E-state index is 0.0837. The number of rotatable bonds is 4. The normalized spacial score (nSPS) is 15.7. The molecule has 6 heteroatoms. The predicted molar refractivity (Wildman–Crippen MR) is 101 cm³/mol. The third-order valence-electron chi connectivity index (χ3n) is 4.81. The monoisotopic (exact) mass is 362 g/mol. The van der Waals surface area contributed by atoms with E-state index in [4.69, 9.17) is 4.74 Å². The van der Waals surface area contributed by atoms with Crippen molar-refractivity contribution in [2.24, 2.45) is 0 Å². The number of hydrogen-bond acceptors (Lipinski definition) is 3. The first-order chi connectivity index (χ1) is 13.1. The zero-order chi connectivity index (χ0) is 19.0. The summed E-state index contributed by atoms with van der Waals surface area (Å²) < 4.78 is 7.07. The molecule has 1 atom stereocenters. The molecule has 0 saturated heterocycles. The molecule has 2 aromatic carbocycles. The van der Waals surface area contributed by atoms with Gasteiger partial charge in [-0.05, 0) is 29.8 Å². The highest BCUT2D eigenvalue weighted by molar-refractivity contribution is 6.04. The highest BCUT2D eigenvalue weighted by Gasteiger charge is 2.34. The fraction of sp³-hybridized carbons (Fsp3) is 0.143. The lowest BCUT2D eigenvalue weighted by molar-refractivity contribution is -0.116. The molecule has 0 unspecified atom stereocenters. The van der Waals surface area contributed by atoms with E-state index in [9.17, 15) is 14.7 Å². The van der Waals surface area contributed by atoms with E-state index in [1.165, 1.54) is 0 Å². The molecule has 0 radical (unpaired) electrons. The topological polar surface area (TPSA) is 80.6 Å². The van der Waals surface area contributed by atoms with Gasteiger partial charge in [0.2, 0.25) is 5.91 Å². The molecule has 0 fully saturated rings. The van der Waals surface area contributed by atoms with Gasteiger partial charge in [-0.3, -0.25) is 4.79 Å². The van der Waals surface area contributed by atoms with Crippen LogP contribution < -0.4 is 10.1 Å². The number of amides is 1. The Morgan fingerprint density at radius 3 is 2.48 bits per heavy atom. The molecule has 27 heavy (non-hydrogen) atoms. The quantitative estimate of drug-likeness (QED) is 0.742. The van der Waals surface area contributed by atoms with Gasteiger partial charge in [0.05, 0.1) is 18.5 Å². The van der Waals surface area contributed by atoms with E-state index < -0.39 is 5.97 Å². The van der Waals surface area contributed by atoms with Crippen molar-refractivity contribution in [3.05, 3.63) is 77.6 Å². The number of carboxylic acid groups (broad SMARTS) is 1. The second kappa shape index (κ2) is 6.64. The Hall–Kier alpha value is -3.54. The SMILES string of the molecule is COc1ccc([C@H]2CC(=O)Nc3c(C(=O)O)cn(-c4ccccc4)c32)cc1. The zero-order valence-electron chi connectivity index (χ0n) is 14.7. The number of carboxylic acids is 1. The molecular weight excluding hydrogens is 344 g/mol. The maximum Gasteiger partial charge on any atom is 0.339 e. The smallest absolute Gasteiger partial charge is 0.339 e. The molecule has 1 aliphatic rings. The molecule has 6 nitrogen and oxygen atoms in total. The number of carbonyl (C=O) groups is 2. The number of para-hydroxylation sites is 1. The van der Waals surface area contributed by atoms with Crippen molar-refractivity contribution < 1.29 is 19.4 Å². The van der Waals surface area contributed by atoms with Crippen LogP contribution in [0, 0.1) is 0 Å². The van der Waals surface area contributed by atoms with Crippen molar-refractivity contribution in [3.63, 3.8) is 0 Å². The van der Waals surface area contributed by atoms with Crippen LogP contribution in [0.15, 0.2) is 60.8 Å². The number of carbonyl (C=O) groups excluding carboxylic acids is 1. The number of methoxy groups -OCH3 is 1. The Morgan fingerprint density at radius 2 is 1.85 bits per heavy atom. The van der Waals surface area contributed by atoms with Crippen LogP contribution in [0.4, 0.5) is 5.69 Å². The third-order valence-corrected chi connectivity index (χ3v) is 4.81. The lowest BCUT2D eigenvalue weighted by Crippen LogP contribution is -2.25. The second-order valence-electron chi connectivity index (χ2n) is 6.39. The van der Waals surface area contributed by atoms with E-state index in [1.54, 1.807) is 13.3 Å². The van der Waals surface area contributed by atoms with E-state index in [1.807, 2.05) is 59.2 Å². The predicted octanol–water partition coefficient (Wildman–Crippen LogP) is 3.66. The zero-order valence-corrected chi connectivity index (χ0v) is 14.7. The van der Waals surface area contributed by atoms with Crippen LogP contribution in [-0.2, 0) is 4.79 Å². The lowest BCUT2D eigenvalue weighted by atomic mass is 9.88. The maximum atomic E-state index is 12.3. The van der Waals surface area contributed by atoms with Crippen LogP contribution in [0.2, 0.25) is 0 Å². The van der Waals surface area contributed by atoms with Gasteiger partial charge in [0, 0.05) is 24.2 Å². The van der Waals surface area contributed by atoms with Crippen LogP contribution in [0.25, 0.3) is 5.69 Å². The number of benzene rings is 2. The van der Waals surface area contributed by atoms with E-state index in [0.717, 1.165) is 22.7 Å². The van der Waals surface area contributed by atoms with Gasteiger partial charge >= 0.3 is 5.97 Å². The van der Waals surface area contributed by atoms with Crippen LogP contribution in [-0.4, -0.2) is 28.7 Å². The molecule has 1 aliphatic heterocycles. The number of fused-ring (bicyclic) bond motifs is 1. The number of hydrogen-bond donors (Lipinski definition) is 2. The fourth-order valence-corrected chi connectivity index (χ4v) is 3.54. The van der Waals surface area contributed by atoms with Gasteiger partial charge < -0.3 is 19.7 Å². The van der Waals surface area contributed by atoms with Crippen LogP contribution in [0.1, 0.15) is 34.0 Å². The molecule has 0 saturated carbocycles. The average molecular weight is 362 g/mol. The van der Waals surface area contributed by atoms with Gasteiger partial charge in [-0.1, -0.05) is 30.3 Å². The molecular formula is C21H18N2O4. The number of ether oxygens (including phenoxy) is 1. The molecule has 1 aromatic heterocycles. The minimum atomic E-state index is -1.07. The van der Waals surface area contributed by atoms with Crippen molar-refractivity contribution in [2.75, 3.05) is 12.4 Å². The summed E-state index contributed by atoms with van der Waals surface area (Å²) >= 11 is 0. The van der Waals surface area contributed by atoms with E-state index >= 15 is 0 Å². The van der Waals surface area contributed by atoms with Gasteiger partial charge in [-0.25, -0.2) is 4.79 Å². The first-order valence-corrected chi connectivity index (χ1v) is 8.56. The van der Waals surface area contributed by atoms with Crippen molar-refractivity contribution in [1.82, 2.24) is 4.57 Å². The summed E-state index contributed by atoms with van der Waals surface area (Å²) in [7, 11) is 1.60. The summed E-state index contributed by atoms with van der Waals surface area (Å²) in [4.78, 5) is 24.1. The molecule has 2 N–H and O–H groups in total. The summed E-state index contributed by atoms with van der Waals surface area (Å²) in [6, 6.07) is 17.0. The van der Waals surface area contributed by atoms with E-state index in [2.05, 4.69) is 5.32 Å².